The number of carbonyl (C=O) groups is 2. The maximum atomic E-state index is 11.1. The van der Waals surface area contributed by atoms with Gasteiger partial charge < -0.3 is 20.1 Å². The lowest BCUT2D eigenvalue weighted by Gasteiger charge is -2.08. The number of nitrogens with one attached hydrogen (secondary N) is 2. The van der Waals surface area contributed by atoms with E-state index in [1.54, 1.807) is 0 Å². The first-order chi connectivity index (χ1) is 10.4. The van der Waals surface area contributed by atoms with Crippen LogP contribution in [0.3, 0.4) is 0 Å². The SMILES string of the molecule is CC(C)NC(=O)CCOCCNC=O.CCOCCC(C)C. The fourth-order valence-corrected chi connectivity index (χ4v) is 1.31. The first-order valence-electron chi connectivity index (χ1n) is 8.05. The van der Waals surface area contributed by atoms with Gasteiger partial charge in [-0.25, -0.2) is 0 Å². The van der Waals surface area contributed by atoms with Crippen LogP contribution in [0.15, 0.2) is 0 Å². The third-order valence-corrected chi connectivity index (χ3v) is 2.44. The molecule has 0 rings (SSSR count). The fourth-order valence-electron chi connectivity index (χ4n) is 1.31. The number of ether oxygens (including phenoxy) is 2. The summed E-state index contributed by atoms with van der Waals surface area (Å²) in [5.74, 6) is 0.768. The van der Waals surface area contributed by atoms with Gasteiger partial charge >= 0.3 is 0 Å². The van der Waals surface area contributed by atoms with Gasteiger partial charge in [-0.15, -0.1) is 0 Å². The molecule has 0 aliphatic heterocycles. The summed E-state index contributed by atoms with van der Waals surface area (Å²) in [5.41, 5.74) is 0. The molecule has 2 N–H and O–H groups in total. The number of carbonyl (C=O) groups excluding carboxylic acids is 2. The Morgan fingerprint density at radius 2 is 1.77 bits per heavy atom. The molecule has 0 aromatic carbocycles. The number of amides is 2. The largest absolute Gasteiger partial charge is 0.382 e. The van der Waals surface area contributed by atoms with E-state index in [4.69, 9.17) is 9.47 Å². The van der Waals surface area contributed by atoms with Crippen molar-refractivity contribution in [2.45, 2.75) is 53.5 Å². The molecule has 0 aliphatic carbocycles. The highest BCUT2D eigenvalue weighted by molar-refractivity contribution is 5.76. The van der Waals surface area contributed by atoms with E-state index in [9.17, 15) is 9.59 Å². The molecule has 0 atom stereocenters. The van der Waals surface area contributed by atoms with E-state index >= 15 is 0 Å². The van der Waals surface area contributed by atoms with Gasteiger partial charge in [0.1, 0.15) is 0 Å². The van der Waals surface area contributed by atoms with E-state index in [0.717, 1.165) is 19.1 Å². The van der Waals surface area contributed by atoms with Gasteiger partial charge in [-0.2, -0.15) is 0 Å². The topological polar surface area (TPSA) is 76.7 Å². The summed E-state index contributed by atoms with van der Waals surface area (Å²) >= 11 is 0. The van der Waals surface area contributed by atoms with Crippen molar-refractivity contribution in [2.24, 2.45) is 5.92 Å². The summed E-state index contributed by atoms with van der Waals surface area (Å²) in [5, 5.41) is 5.22. The normalized spacial score (nSPS) is 10.1. The molecule has 0 aromatic rings. The minimum Gasteiger partial charge on any atom is -0.382 e. The van der Waals surface area contributed by atoms with Crippen molar-refractivity contribution < 1.29 is 19.1 Å². The standard InChI is InChI=1S/C9H18N2O3.C7H16O/c1-8(2)11-9(13)3-5-14-6-4-10-7-12;1-4-8-6-5-7(2)3/h7-8H,3-6H2,1-2H3,(H,10,12)(H,11,13);7H,4-6H2,1-3H3. The van der Waals surface area contributed by atoms with Crippen LogP contribution < -0.4 is 10.6 Å². The lowest BCUT2D eigenvalue weighted by molar-refractivity contribution is -0.122. The van der Waals surface area contributed by atoms with E-state index in [2.05, 4.69) is 24.5 Å². The van der Waals surface area contributed by atoms with Crippen LogP contribution in [0.1, 0.15) is 47.5 Å². The molecule has 0 radical (unpaired) electrons. The first-order valence-corrected chi connectivity index (χ1v) is 8.05. The Morgan fingerprint density at radius 1 is 1.09 bits per heavy atom. The molecule has 0 saturated carbocycles. The summed E-state index contributed by atoms with van der Waals surface area (Å²) < 4.78 is 10.3. The third kappa shape index (κ3) is 23.9. The highest BCUT2D eigenvalue weighted by Gasteiger charge is 2.01. The summed E-state index contributed by atoms with van der Waals surface area (Å²) in [4.78, 5) is 20.9. The Kier molecular flexibility index (Phi) is 18.8. The molecule has 0 aliphatic rings. The summed E-state index contributed by atoms with van der Waals surface area (Å²) in [7, 11) is 0. The molecule has 22 heavy (non-hydrogen) atoms. The van der Waals surface area contributed by atoms with Crippen LogP contribution in [-0.2, 0) is 19.1 Å². The van der Waals surface area contributed by atoms with Crippen LogP contribution in [0.5, 0.6) is 0 Å². The first kappa shape index (κ1) is 23.1. The molecule has 0 spiro atoms. The Labute approximate surface area is 135 Å². The molecule has 0 fully saturated rings. The van der Waals surface area contributed by atoms with Gasteiger partial charge in [-0.3, -0.25) is 9.59 Å². The second-order valence-electron chi connectivity index (χ2n) is 5.54. The summed E-state index contributed by atoms with van der Waals surface area (Å²) in [6, 6.07) is 0.166. The van der Waals surface area contributed by atoms with Crippen molar-refractivity contribution >= 4 is 12.3 Å². The zero-order valence-corrected chi connectivity index (χ0v) is 14.8. The molecule has 6 heteroatoms. The maximum absolute atomic E-state index is 11.1. The van der Waals surface area contributed by atoms with Crippen LogP contribution in [0.25, 0.3) is 0 Å². The van der Waals surface area contributed by atoms with E-state index in [1.807, 2.05) is 20.8 Å². The molecular weight excluding hydrogens is 284 g/mol. The van der Waals surface area contributed by atoms with E-state index in [-0.39, 0.29) is 11.9 Å². The van der Waals surface area contributed by atoms with Crippen molar-refractivity contribution in [1.29, 1.82) is 0 Å². The van der Waals surface area contributed by atoms with Gasteiger partial charge in [0.2, 0.25) is 12.3 Å². The van der Waals surface area contributed by atoms with Crippen molar-refractivity contribution in [3.63, 3.8) is 0 Å². The minimum atomic E-state index is -0.0108. The zero-order chi connectivity index (χ0) is 17.2. The van der Waals surface area contributed by atoms with Crippen LogP contribution in [-0.4, -0.2) is 51.3 Å². The molecule has 0 saturated heterocycles. The molecular formula is C16H34N2O4. The van der Waals surface area contributed by atoms with E-state index < -0.39 is 0 Å². The maximum Gasteiger partial charge on any atom is 0.222 e. The Balaban J connectivity index is 0. The predicted molar refractivity (Wildman–Crippen MR) is 88.7 cm³/mol. The Bertz CT molecular complexity index is 259. The van der Waals surface area contributed by atoms with Gasteiger partial charge in [0.05, 0.1) is 13.2 Å². The van der Waals surface area contributed by atoms with Gasteiger partial charge in [0, 0.05) is 32.2 Å². The second kappa shape index (κ2) is 17.9. The molecule has 6 nitrogen and oxygen atoms in total. The smallest absolute Gasteiger partial charge is 0.222 e. The molecule has 0 unspecified atom stereocenters. The second-order valence-corrected chi connectivity index (χ2v) is 5.54. The van der Waals surface area contributed by atoms with Crippen molar-refractivity contribution in [1.82, 2.24) is 10.6 Å². The number of hydrogen-bond acceptors (Lipinski definition) is 4. The molecule has 0 bridgehead atoms. The van der Waals surface area contributed by atoms with Crippen LogP contribution in [0.2, 0.25) is 0 Å². The van der Waals surface area contributed by atoms with Gasteiger partial charge in [-0.1, -0.05) is 13.8 Å². The quantitative estimate of drug-likeness (QED) is 0.424. The fraction of sp³-hybridized carbons (Fsp3) is 0.875. The molecule has 132 valence electrons. The molecule has 0 aromatic heterocycles. The molecule has 0 heterocycles. The predicted octanol–water partition coefficient (Wildman–Crippen LogP) is 1.73. The van der Waals surface area contributed by atoms with E-state index in [0.29, 0.717) is 32.6 Å². The third-order valence-electron chi connectivity index (χ3n) is 2.44. The number of hydrogen-bond donors (Lipinski definition) is 2. The summed E-state index contributed by atoms with van der Waals surface area (Å²) in [6.07, 6.45) is 2.17. The van der Waals surface area contributed by atoms with E-state index in [1.165, 1.54) is 6.42 Å². The Morgan fingerprint density at radius 3 is 2.27 bits per heavy atom. The monoisotopic (exact) mass is 318 g/mol. The molecule has 2 amide bonds. The lowest BCUT2D eigenvalue weighted by Crippen LogP contribution is -2.31. The van der Waals surface area contributed by atoms with Crippen LogP contribution in [0, 0.1) is 5.92 Å². The average Bonchev–Trinajstić information content (AvgIpc) is 2.42. The highest BCUT2D eigenvalue weighted by atomic mass is 16.5. The number of rotatable bonds is 12. The zero-order valence-electron chi connectivity index (χ0n) is 14.8. The van der Waals surface area contributed by atoms with Gasteiger partial charge in [0.15, 0.2) is 0 Å². The minimum absolute atomic E-state index is 0.0108. The summed E-state index contributed by atoms with van der Waals surface area (Å²) in [6.45, 7) is 13.3. The average molecular weight is 318 g/mol. The highest BCUT2D eigenvalue weighted by Crippen LogP contribution is 1.97. The van der Waals surface area contributed by atoms with Crippen molar-refractivity contribution in [3.8, 4) is 0 Å². The van der Waals surface area contributed by atoms with Gasteiger partial charge in [0.25, 0.3) is 0 Å². The van der Waals surface area contributed by atoms with Crippen LogP contribution >= 0.6 is 0 Å². The van der Waals surface area contributed by atoms with Crippen LogP contribution in [0.4, 0.5) is 0 Å². The van der Waals surface area contributed by atoms with Crippen molar-refractivity contribution in [3.05, 3.63) is 0 Å². The lowest BCUT2D eigenvalue weighted by atomic mass is 10.1. The van der Waals surface area contributed by atoms with Crippen molar-refractivity contribution in [2.75, 3.05) is 33.0 Å². The Hall–Kier alpha value is -1.14. The van der Waals surface area contributed by atoms with Gasteiger partial charge in [-0.05, 0) is 33.1 Å².